The molecule has 0 amide bonds. The zero-order chi connectivity index (χ0) is 22.1. The maximum absolute atomic E-state index is 10.4. The molecule has 3 N–H and O–H groups in total. The van der Waals surface area contributed by atoms with Crippen molar-refractivity contribution in [1.29, 1.82) is 0 Å². The molecule has 0 spiro atoms. The van der Waals surface area contributed by atoms with E-state index in [0.29, 0.717) is 23.7 Å². The van der Waals surface area contributed by atoms with Crippen molar-refractivity contribution >= 4 is 0 Å². The minimum Gasteiger partial charge on any atom is -0.390 e. The van der Waals surface area contributed by atoms with Gasteiger partial charge < -0.3 is 15.3 Å². The molecular formula is C27H44O3. The molecule has 3 aliphatic rings. The minimum atomic E-state index is -0.801. The van der Waals surface area contributed by atoms with E-state index in [9.17, 15) is 15.3 Å². The first-order valence-corrected chi connectivity index (χ1v) is 12.2. The highest BCUT2D eigenvalue weighted by Crippen LogP contribution is 2.60. The topological polar surface area (TPSA) is 60.7 Å². The predicted octanol–water partition coefficient (Wildman–Crippen LogP) is 5.70. The van der Waals surface area contributed by atoms with Crippen molar-refractivity contribution in [2.24, 2.45) is 23.2 Å². The van der Waals surface area contributed by atoms with E-state index in [4.69, 9.17) is 0 Å². The molecule has 0 heterocycles. The Labute approximate surface area is 184 Å². The monoisotopic (exact) mass is 416 g/mol. The highest BCUT2D eigenvalue weighted by Gasteiger charge is 2.50. The Balaban J connectivity index is 1.72. The number of hydrogen-bond acceptors (Lipinski definition) is 3. The molecule has 0 aromatic carbocycles. The van der Waals surface area contributed by atoms with Gasteiger partial charge in [-0.2, -0.15) is 0 Å². The maximum atomic E-state index is 10.4. The van der Waals surface area contributed by atoms with Crippen molar-refractivity contribution in [2.75, 3.05) is 0 Å². The van der Waals surface area contributed by atoms with Crippen LogP contribution >= 0.6 is 0 Å². The van der Waals surface area contributed by atoms with Crippen LogP contribution in [0.3, 0.4) is 0 Å². The normalized spacial score (nSPS) is 38.8. The Morgan fingerprint density at radius 1 is 1.17 bits per heavy atom. The molecule has 0 aromatic rings. The molecule has 30 heavy (non-hydrogen) atoms. The van der Waals surface area contributed by atoms with Crippen LogP contribution in [0.2, 0.25) is 0 Å². The SMILES string of the molecule is C=C1CC[C@H](O)C(O)/C1=C/C=C1\CCCC2(C)C1CCC2[C@H](C)CCCC(C)(C)O. The van der Waals surface area contributed by atoms with Gasteiger partial charge in [0.1, 0.15) is 6.10 Å². The number of aliphatic hydroxyl groups excluding tert-OH is 2. The predicted molar refractivity (Wildman–Crippen MR) is 124 cm³/mol. The van der Waals surface area contributed by atoms with Crippen LogP contribution in [0.4, 0.5) is 0 Å². The average molecular weight is 417 g/mol. The van der Waals surface area contributed by atoms with Gasteiger partial charge in [-0.05, 0) is 99.5 Å². The van der Waals surface area contributed by atoms with Gasteiger partial charge in [-0.1, -0.05) is 51.0 Å². The fourth-order valence-corrected chi connectivity index (χ4v) is 6.73. The summed E-state index contributed by atoms with van der Waals surface area (Å²) in [5, 5.41) is 30.5. The fraction of sp³-hybridized carbons (Fsp3) is 0.778. The quantitative estimate of drug-likeness (QED) is 0.520. The number of allylic oxidation sites excluding steroid dienone is 3. The van der Waals surface area contributed by atoms with Crippen molar-refractivity contribution in [3.63, 3.8) is 0 Å². The molecule has 4 unspecified atom stereocenters. The van der Waals surface area contributed by atoms with E-state index < -0.39 is 17.8 Å². The molecule has 0 bridgehead atoms. The minimum absolute atomic E-state index is 0.360. The van der Waals surface area contributed by atoms with E-state index in [0.717, 1.165) is 42.7 Å². The summed E-state index contributed by atoms with van der Waals surface area (Å²) in [4.78, 5) is 0. The molecule has 3 saturated carbocycles. The Hall–Kier alpha value is -0.900. The summed E-state index contributed by atoms with van der Waals surface area (Å²) in [6, 6.07) is 0. The first-order valence-electron chi connectivity index (χ1n) is 12.2. The highest BCUT2D eigenvalue weighted by atomic mass is 16.3. The van der Waals surface area contributed by atoms with Gasteiger partial charge in [0, 0.05) is 0 Å². The van der Waals surface area contributed by atoms with Gasteiger partial charge in [-0.25, -0.2) is 0 Å². The third-order valence-electron chi connectivity index (χ3n) is 8.48. The van der Waals surface area contributed by atoms with Crippen LogP contribution in [0.1, 0.15) is 91.9 Å². The number of fused-ring (bicyclic) bond motifs is 1. The van der Waals surface area contributed by atoms with Crippen molar-refractivity contribution in [3.8, 4) is 0 Å². The second-order valence-corrected chi connectivity index (χ2v) is 11.3. The highest BCUT2D eigenvalue weighted by molar-refractivity contribution is 5.39. The Kier molecular flexibility index (Phi) is 7.37. The number of rotatable bonds is 6. The van der Waals surface area contributed by atoms with E-state index in [1.165, 1.54) is 37.7 Å². The molecule has 3 fully saturated rings. The molecule has 6 atom stereocenters. The fourth-order valence-electron chi connectivity index (χ4n) is 6.73. The summed E-state index contributed by atoms with van der Waals surface area (Å²) >= 11 is 0. The largest absolute Gasteiger partial charge is 0.390 e. The van der Waals surface area contributed by atoms with E-state index in [1.807, 2.05) is 13.8 Å². The summed E-state index contributed by atoms with van der Waals surface area (Å²) in [5.41, 5.74) is 3.12. The molecule has 3 aliphatic carbocycles. The van der Waals surface area contributed by atoms with Crippen LogP contribution < -0.4 is 0 Å². The lowest BCUT2D eigenvalue weighted by molar-refractivity contribution is 0.0299. The van der Waals surface area contributed by atoms with Gasteiger partial charge in [-0.15, -0.1) is 0 Å². The summed E-state index contributed by atoms with van der Waals surface area (Å²) < 4.78 is 0. The van der Waals surface area contributed by atoms with Crippen molar-refractivity contribution < 1.29 is 15.3 Å². The molecule has 0 radical (unpaired) electrons. The van der Waals surface area contributed by atoms with Crippen LogP contribution in [-0.4, -0.2) is 33.1 Å². The Bertz CT molecular complexity index is 683. The Morgan fingerprint density at radius 3 is 2.60 bits per heavy atom. The summed E-state index contributed by atoms with van der Waals surface area (Å²) in [5.74, 6) is 2.07. The number of aliphatic hydroxyl groups is 3. The molecule has 170 valence electrons. The molecule has 0 aromatic heterocycles. The smallest absolute Gasteiger partial charge is 0.105 e. The van der Waals surface area contributed by atoms with Gasteiger partial charge in [0.05, 0.1) is 11.7 Å². The molecule has 3 nitrogen and oxygen atoms in total. The molecule has 3 heteroatoms. The lowest BCUT2D eigenvalue weighted by Gasteiger charge is -2.44. The summed E-state index contributed by atoms with van der Waals surface area (Å²) in [7, 11) is 0. The lowest BCUT2D eigenvalue weighted by atomic mass is 9.60. The van der Waals surface area contributed by atoms with Crippen LogP contribution in [0.15, 0.2) is 35.5 Å². The first kappa shape index (κ1) is 23.8. The van der Waals surface area contributed by atoms with Gasteiger partial charge in [0.2, 0.25) is 0 Å². The van der Waals surface area contributed by atoms with E-state index in [1.54, 1.807) is 0 Å². The van der Waals surface area contributed by atoms with Crippen LogP contribution in [0.25, 0.3) is 0 Å². The van der Waals surface area contributed by atoms with Gasteiger partial charge >= 0.3 is 0 Å². The molecule has 3 rings (SSSR count). The van der Waals surface area contributed by atoms with Crippen molar-refractivity contribution in [1.82, 2.24) is 0 Å². The molecule has 0 aliphatic heterocycles. The van der Waals surface area contributed by atoms with E-state index in [2.05, 4.69) is 32.6 Å². The lowest BCUT2D eigenvalue weighted by Crippen LogP contribution is -2.36. The second kappa shape index (κ2) is 9.30. The maximum Gasteiger partial charge on any atom is 0.105 e. The van der Waals surface area contributed by atoms with E-state index in [-0.39, 0.29) is 0 Å². The first-order chi connectivity index (χ1) is 14.0. The van der Waals surface area contributed by atoms with Gasteiger partial charge in [0.25, 0.3) is 0 Å². The third kappa shape index (κ3) is 5.11. The van der Waals surface area contributed by atoms with Crippen molar-refractivity contribution in [2.45, 2.75) is 110 Å². The van der Waals surface area contributed by atoms with Crippen LogP contribution in [0, 0.1) is 23.2 Å². The standard InChI is InChI=1S/C27H44O3/c1-18-10-15-24(28)25(29)21(18)12-11-20-9-7-17-27(5)22(13-14-23(20)27)19(2)8-6-16-26(3,4)30/h11-12,19,22-25,28-30H,1,6-10,13-17H2,2-5H3/b20-11+,21-12+/t19-,22?,23?,24+,25?,27?/m1/s1. The summed E-state index contributed by atoms with van der Waals surface area (Å²) in [6.45, 7) is 12.9. The van der Waals surface area contributed by atoms with Gasteiger partial charge in [0.15, 0.2) is 0 Å². The van der Waals surface area contributed by atoms with Crippen LogP contribution in [-0.2, 0) is 0 Å². The molecule has 0 saturated heterocycles. The van der Waals surface area contributed by atoms with Crippen molar-refractivity contribution in [3.05, 3.63) is 35.5 Å². The average Bonchev–Trinajstić information content (AvgIpc) is 3.01. The number of hydrogen-bond donors (Lipinski definition) is 3. The summed E-state index contributed by atoms with van der Waals surface area (Å²) in [6.07, 6.45) is 13.6. The molecular weight excluding hydrogens is 372 g/mol. The Morgan fingerprint density at radius 2 is 1.90 bits per heavy atom. The zero-order valence-corrected chi connectivity index (χ0v) is 19.7. The second-order valence-electron chi connectivity index (χ2n) is 11.3. The zero-order valence-electron chi connectivity index (χ0n) is 19.7. The van der Waals surface area contributed by atoms with Crippen LogP contribution in [0.5, 0.6) is 0 Å². The van der Waals surface area contributed by atoms with Gasteiger partial charge in [-0.3, -0.25) is 0 Å². The van der Waals surface area contributed by atoms with E-state index >= 15 is 0 Å². The third-order valence-corrected chi connectivity index (χ3v) is 8.48.